The summed E-state index contributed by atoms with van der Waals surface area (Å²) in [5.74, 6) is 0. The van der Waals surface area contributed by atoms with Gasteiger partial charge in [0.05, 0.1) is 30.1 Å². The van der Waals surface area contributed by atoms with Crippen LogP contribution in [0.2, 0.25) is 0 Å². The molecule has 2 unspecified atom stereocenters. The molecule has 0 saturated heterocycles. The van der Waals surface area contributed by atoms with Crippen LogP contribution in [0.25, 0.3) is 0 Å². The Labute approximate surface area is 142 Å². The zero-order chi connectivity index (χ0) is 15.6. The lowest BCUT2D eigenvalue weighted by Gasteiger charge is -2.31. The third kappa shape index (κ3) is 4.72. The molecule has 21 heavy (non-hydrogen) atoms. The molecule has 1 N–H and O–H groups in total. The molecule has 2 heterocycles. The average molecular weight is 444 g/mol. The first-order valence-corrected chi connectivity index (χ1v) is 11.3. The Morgan fingerprint density at radius 2 is 2.33 bits per heavy atom. The van der Waals surface area contributed by atoms with Crippen molar-refractivity contribution < 1.29 is 19.2 Å². The number of rotatable bonds is 3. The average Bonchev–Trinajstić information content (AvgIpc) is 2.77. The number of halogens is 1. The number of aliphatic hydroxyl groups excluding tert-OH is 1. The molecule has 0 bridgehead atoms. The minimum atomic E-state index is -0.713. The highest BCUT2D eigenvalue weighted by atomic mass is 127. The Morgan fingerprint density at radius 1 is 1.62 bits per heavy atom. The molecule has 1 amide bonds. The van der Waals surface area contributed by atoms with Gasteiger partial charge in [0.2, 0.25) is 0 Å². The van der Waals surface area contributed by atoms with Crippen LogP contribution in [0, 0.1) is 0 Å². The van der Waals surface area contributed by atoms with E-state index in [-0.39, 0.29) is 6.54 Å². The second-order valence-corrected chi connectivity index (χ2v) is 8.54. The number of nitrogens with zero attached hydrogens (tertiary/aromatic N) is 2. The summed E-state index contributed by atoms with van der Waals surface area (Å²) >= 11 is 3.60. The van der Waals surface area contributed by atoms with Crippen LogP contribution in [0.3, 0.4) is 0 Å². The zero-order valence-electron chi connectivity index (χ0n) is 12.1. The van der Waals surface area contributed by atoms with E-state index in [9.17, 15) is 9.90 Å². The molecule has 0 fully saturated rings. The highest BCUT2D eigenvalue weighted by Crippen LogP contribution is 2.33. The van der Waals surface area contributed by atoms with Gasteiger partial charge in [-0.3, -0.25) is 4.90 Å². The van der Waals surface area contributed by atoms with Crippen molar-refractivity contribution in [3.8, 4) is 0 Å². The number of hydrogen-bond acceptors (Lipinski definition) is 6. The summed E-state index contributed by atoms with van der Waals surface area (Å²) in [5.41, 5.74) is 0.185. The van der Waals surface area contributed by atoms with Crippen LogP contribution in [0.5, 0.6) is 0 Å². The summed E-state index contributed by atoms with van der Waals surface area (Å²) in [6, 6.07) is 0. The number of thiazole rings is 1. The van der Waals surface area contributed by atoms with Crippen LogP contribution in [0.15, 0.2) is 0 Å². The van der Waals surface area contributed by atoms with E-state index in [1.165, 1.54) is 16.2 Å². The Morgan fingerprint density at radius 3 is 2.95 bits per heavy atom. The molecule has 2 rings (SSSR count). The number of β-amino-alcohol motifs (C(OH)–C–C–N with tert-alkyl or cyclic N) is 1. The SMILES string of the molecule is CC(C)(C)OC(=O)N1Cc2nc(COPI)sc2C(O)C1. The van der Waals surface area contributed by atoms with E-state index in [1.807, 2.05) is 20.8 Å². The van der Waals surface area contributed by atoms with Gasteiger partial charge in [-0.25, -0.2) is 9.78 Å². The molecule has 1 aliphatic heterocycles. The highest BCUT2D eigenvalue weighted by Gasteiger charge is 2.32. The molecule has 0 saturated carbocycles. The molecular formula is C12H18IN2O4PS. The fourth-order valence-corrected chi connectivity index (χ4v) is 3.67. The maximum atomic E-state index is 12.1. The second-order valence-electron chi connectivity index (χ2n) is 5.66. The van der Waals surface area contributed by atoms with Crippen molar-refractivity contribution in [2.75, 3.05) is 6.54 Å². The van der Waals surface area contributed by atoms with E-state index in [2.05, 4.69) is 27.0 Å². The Bertz CT molecular complexity index is 520. The van der Waals surface area contributed by atoms with Crippen LogP contribution >= 0.6 is 39.8 Å². The van der Waals surface area contributed by atoms with Gasteiger partial charge in [-0.2, -0.15) is 0 Å². The number of fused-ring (bicyclic) bond motifs is 1. The van der Waals surface area contributed by atoms with E-state index in [4.69, 9.17) is 9.26 Å². The number of amides is 1. The predicted octanol–water partition coefficient (Wildman–Crippen LogP) is 3.39. The zero-order valence-corrected chi connectivity index (χ0v) is 16.0. The van der Waals surface area contributed by atoms with Crippen LogP contribution in [-0.4, -0.2) is 33.2 Å². The number of ether oxygens (including phenoxy) is 1. The topological polar surface area (TPSA) is 71.9 Å². The van der Waals surface area contributed by atoms with Crippen molar-refractivity contribution in [3.05, 3.63) is 15.6 Å². The Kier molecular flexibility index (Phi) is 5.81. The summed E-state index contributed by atoms with van der Waals surface area (Å²) in [7, 11) is 0. The molecule has 118 valence electrons. The molecular weight excluding hydrogens is 426 g/mol. The van der Waals surface area contributed by atoms with E-state index in [0.29, 0.717) is 19.6 Å². The monoisotopic (exact) mass is 444 g/mol. The fourth-order valence-electron chi connectivity index (χ4n) is 1.94. The predicted molar refractivity (Wildman–Crippen MR) is 90.8 cm³/mol. The van der Waals surface area contributed by atoms with E-state index in [0.717, 1.165) is 15.6 Å². The number of carbonyl (C=O) groups excluding carboxylic acids is 1. The lowest BCUT2D eigenvalue weighted by Crippen LogP contribution is -2.41. The Balaban J connectivity index is 2.09. The van der Waals surface area contributed by atoms with Gasteiger partial charge in [-0.15, -0.1) is 11.3 Å². The molecule has 2 atom stereocenters. The number of carbonyl (C=O) groups is 1. The standard InChI is InChI=1S/C12H18IN2O4PS/c1-12(2,3)19-11(17)15-4-7-10(8(16)5-15)21-9(14-7)6-18-20-13/h8,16,20H,4-6H2,1-3H3. The van der Waals surface area contributed by atoms with Crippen LogP contribution in [-0.2, 0) is 22.4 Å². The third-order valence-corrected chi connectivity index (χ3v) is 5.07. The molecule has 0 spiro atoms. The maximum Gasteiger partial charge on any atom is 0.410 e. The first kappa shape index (κ1) is 17.3. The van der Waals surface area contributed by atoms with Gasteiger partial charge in [0, 0.05) is 0 Å². The van der Waals surface area contributed by atoms with E-state index >= 15 is 0 Å². The normalized spacial score (nSPS) is 19.1. The van der Waals surface area contributed by atoms with Crippen LogP contribution < -0.4 is 0 Å². The van der Waals surface area contributed by atoms with Crippen molar-refractivity contribution in [3.63, 3.8) is 0 Å². The number of aromatic nitrogens is 1. The molecule has 1 aromatic heterocycles. The molecule has 6 nitrogen and oxygen atoms in total. The first-order valence-electron chi connectivity index (χ1n) is 6.42. The van der Waals surface area contributed by atoms with Gasteiger partial charge in [-0.05, 0) is 42.8 Å². The van der Waals surface area contributed by atoms with Gasteiger partial charge in [0.25, 0.3) is 0 Å². The minimum absolute atomic E-state index is 0.235. The third-order valence-electron chi connectivity index (χ3n) is 2.71. The van der Waals surface area contributed by atoms with Crippen molar-refractivity contribution in [1.29, 1.82) is 0 Å². The molecule has 1 aliphatic rings. The quantitative estimate of drug-likeness (QED) is 0.572. The molecule has 0 aliphatic carbocycles. The summed E-state index contributed by atoms with van der Waals surface area (Å²) < 4.78 is 10.7. The van der Waals surface area contributed by atoms with Crippen molar-refractivity contribution in [1.82, 2.24) is 9.88 Å². The van der Waals surface area contributed by atoms with Gasteiger partial charge < -0.3 is 14.4 Å². The minimum Gasteiger partial charge on any atom is -0.444 e. The smallest absolute Gasteiger partial charge is 0.410 e. The first-order chi connectivity index (χ1) is 9.80. The second kappa shape index (κ2) is 7.04. The molecule has 0 aromatic carbocycles. The lowest BCUT2D eigenvalue weighted by molar-refractivity contribution is 0.00844. The summed E-state index contributed by atoms with van der Waals surface area (Å²) in [6.07, 6.45) is -1.14. The van der Waals surface area contributed by atoms with Gasteiger partial charge in [0.1, 0.15) is 23.3 Å². The van der Waals surface area contributed by atoms with Gasteiger partial charge >= 0.3 is 6.09 Å². The number of hydrogen-bond donors (Lipinski definition) is 1. The largest absolute Gasteiger partial charge is 0.444 e. The molecule has 1 aromatic rings. The van der Waals surface area contributed by atoms with E-state index < -0.39 is 17.8 Å². The molecule has 9 heteroatoms. The van der Waals surface area contributed by atoms with Gasteiger partial charge in [-0.1, -0.05) is 0 Å². The van der Waals surface area contributed by atoms with Crippen molar-refractivity contribution >= 4 is 45.9 Å². The number of aliphatic hydroxyl groups is 1. The summed E-state index contributed by atoms with van der Waals surface area (Å²) in [5, 5.41) is 11.0. The van der Waals surface area contributed by atoms with Crippen molar-refractivity contribution in [2.45, 2.75) is 45.6 Å². The fraction of sp³-hybridized carbons (Fsp3) is 0.667. The van der Waals surface area contributed by atoms with Crippen LogP contribution in [0.1, 0.15) is 42.5 Å². The van der Waals surface area contributed by atoms with Gasteiger partial charge in [0.15, 0.2) is 0 Å². The Hall–Kier alpha value is -0.0200. The van der Waals surface area contributed by atoms with Crippen LogP contribution in [0.4, 0.5) is 4.79 Å². The molecule has 0 radical (unpaired) electrons. The summed E-state index contributed by atoms with van der Waals surface area (Å²) in [4.78, 5) is 18.9. The van der Waals surface area contributed by atoms with Crippen molar-refractivity contribution in [2.24, 2.45) is 0 Å². The van der Waals surface area contributed by atoms with E-state index in [1.54, 1.807) is 0 Å². The summed E-state index contributed by atoms with van der Waals surface area (Å²) in [6.45, 7) is 6.87. The lowest BCUT2D eigenvalue weighted by atomic mass is 10.1. The highest BCUT2D eigenvalue weighted by molar-refractivity contribution is 14.2. The maximum absolute atomic E-state index is 12.1.